The van der Waals surface area contributed by atoms with Gasteiger partial charge < -0.3 is 4.90 Å². The third-order valence-electron chi connectivity index (χ3n) is 5.68. The molecule has 0 N–H and O–H groups in total. The first kappa shape index (κ1) is 19.6. The molecule has 0 atom stereocenters. The zero-order valence-electron chi connectivity index (χ0n) is 15.2. The molecule has 2 aliphatic rings. The summed E-state index contributed by atoms with van der Waals surface area (Å²) >= 11 is 5.85. The van der Waals surface area contributed by atoms with E-state index in [1.54, 1.807) is 24.3 Å². The summed E-state index contributed by atoms with van der Waals surface area (Å²) < 4.78 is 26.8. The van der Waals surface area contributed by atoms with Crippen LogP contribution in [0.2, 0.25) is 5.02 Å². The smallest absolute Gasteiger partial charge is 0.225 e. The lowest BCUT2D eigenvalue weighted by Crippen LogP contribution is -2.45. The van der Waals surface area contributed by atoms with Gasteiger partial charge in [-0.15, -0.1) is 0 Å². The van der Waals surface area contributed by atoms with Crippen LogP contribution in [0.4, 0.5) is 0 Å². The average molecular weight is 399 g/mol. The summed E-state index contributed by atoms with van der Waals surface area (Å²) in [7, 11) is -1.46. The van der Waals surface area contributed by atoms with Gasteiger partial charge in [-0.1, -0.05) is 36.6 Å². The largest absolute Gasteiger partial charge is 0.343 e. The molecule has 2 fully saturated rings. The van der Waals surface area contributed by atoms with Crippen molar-refractivity contribution < 1.29 is 13.2 Å². The van der Waals surface area contributed by atoms with Crippen molar-refractivity contribution in [3.8, 4) is 0 Å². The quantitative estimate of drug-likeness (QED) is 0.764. The van der Waals surface area contributed by atoms with Gasteiger partial charge in [0.05, 0.1) is 5.75 Å². The van der Waals surface area contributed by atoms with Crippen molar-refractivity contribution in [3.05, 3.63) is 34.9 Å². The van der Waals surface area contributed by atoms with E-state index in [2.05, 4.69) is 0 Å². The minimum Gasteiger partial charge on any atom is -0.343 e. The fourth-order valence-electron chi connectivity index (χ4n) is 4.02. The number of benzene rings is 1. The van der Waals surface area contributed by atoms with Crippen molar-refractivity contribution in [2.75, 3.05) is 20.1 Å². The van der Waals surface area contributed by atoms with Crippen LogP contribution in [0.3, 0.4) is 0 Å². The van der Waals surface area contributed by atoms with Crippen LogP contribution in [0.15, 0.2) is 24.3 Å². The molecule has 1 heterocycles. The number of halogens is 1. The number of hydrogen-bond donors (Lipinski definition) is 0. The van der Waals surface area contributed by atoms with E-state index in [0.29, 0.717) is 37.0 Å². The first-order valence-electron chi connectivity index (χ1n) is 9.36. The Morgan fingerprint density at radius 3 is 2.27 bits per heavy atom. The molecule has 1 amide bonds. The molecule has 1 aromatic rings. The molecule has 7 heteroatoms. The molecule has 1 aliphatic carbocycles. The molecule has 1 saturated carbocycles. The van der Waals surface area contributed by atoms with Crippen molar-refractivity contribution in [3.63, 3.8) is 0 Å². The van der Waals surface area contributed by atoms with Gasteiger partial charge in [0.25, 0.3) is 0 Å². The van der Waals surface area contributed by atoms with Crippen LogP contribution in [0.25, 0.3) is 0 Å². The highest BCUT2D eigenvalue weighted by molar-refractivity contribution is 7.88. The molecule has 1 aliphatic heterocycles. The van der Waals surface area contributed by atoms with Crippen molar-refractivity contribution in [1.29, 1.82) is 0 Å². The maximum absolute atomic E-state index is 12.7. The molecule has 0 aromatic heterocycles. The number of rotatable bonds is 5. The number of sulfonamides is 1. The Kier molecular flexibility index (Phi) is 6.25. The summed E-state index contributed by atoms with van der Waals surface area (Å²) in [4.78, 5) is 14.6. The Morgan fingerprint density at radius 2 is 1.69 bits per heavy atom. The van der Waals surface area contributed by atoms with Crippen LogP contribution >= 0.6 is 11.6 Å². The van der Waals surface area contributed by atoms with Gasteiger partial charge in [0.15, 0.2) is 0 Å². The second kappa shape index (κ2) is 8.28. The summed E-state index contributed by atoms with van der Waals surface area (Å²) in [5, 5.41) is 0.594. The molecule has 5 nitrogen and oxygen atoms in total. The standard InChI is InChI=1S/C19H27ClN2O3S/c1-21(18-4-2-3-5-18)19(23)16-10-12-22(13-11-16)26(24,25)14-15-6-8-17(20)9-7-15/h6-9,16,18H,2-5,10-14H2,1H3. The van der Waals surface area contributed by atoms with Gasteiger partial charge in [-0.25, -0.2) is 12.7 Å². The lowest BCUT2D eigenvalue weighted by atomic mass is 9.96. The molecule has 0 radical (unpaired) electrons. The Labute approximate surface area is 161 Å². The fourth-order valence-corrected chi connectivity index (χ4v) is 5.71. The average Bonchev–Trinajstić information content (AvgIpc) is 3.17. The molecule has 3 rings (SSSR count). The maximum atomic E-state index is 12.7. The fraction of sp³-hybridized carbons (Fsp3) is 0.632. The zero-order valence-corrected chi connectivity index (χ0v) is 16.8. The van der Waals surface area contributed by atoms with Gasteiger partial charge in [-0.05, 0) is 43.4 Å². The van der Waals surface area contributed by atoms with Gasteiger partial charge in [0.1, 0.15) is 0 Å². The third-order valence-corrected chi connectivity index (χ3v) is 7.78. The minimum absolute atomic E-state index is 0.0231. The van der Waals surface area contributed by atoms with Crippen LogP contribution in [0.5, 0.6) is 0 Å². The Balaban J connectivity index is 1.55. The zero-order chi connectivity index (χ0) is 18.7. The first-order valence-corrected chi connectivity index (χ1v) is 11.3. The highest BCUT2D eigenvalue weighted by Crippen LogP contribution is 2.27. The van der Waals surface area contributed by atoms with Crippen molar-refractivity contribution in [1.82, 2.24) is 9.21 Å². The SMILES string of the molecule is CN(C(=O)C1CCN(S(=O)(=O)Cc2ccc(Cl)cc2)CC1)C1CCCC1. The highest BCUT2D eigenvalue weighted by atomic mass is 35.5. The molecule has 144 valence electrons. The molecule has 1 saturated heterocycles. The molecular weight excluding hydrogens is 372 g/mol. The highest BCUT2D eigenvalue weighted by Gasteiger charge is 2.34. The number of amides is 1. The Hall–Kier alpha value is -1.11. The lowest BCUT2D eigenvalue weighted by molar-refractivity contribution is -0.137. The van der Waals surface area contributed by atoms with Gasteiger partial charge >= 0.3 is 0 Å². The van der Waals surface area contributed by atoms with Crippen LogP contribution in [0.1, 0.15) is 44.1 Å². The minimum atomic E-state index is -3.37. The van der Waals surface area contributed by atoms with E-state index in [9.17, 15) is 13.2 Å². The first-order chi connectivity index (χ1) is 12.4. The molecular formula is C19H27ClN2O3S. The van der Waals surface area contributed by atoms with Crippen molar-refractivity contribution in [2.24, 2.45) is 5.92 Å². The number of nitrogens with zero attached hydrogens (tertiary/aromatic N) is 2. The lowest BCUT2D eigenvalue weighted by Gasteiger charge is -2.34. The van der Waals surface area contributed by atoms with E-state index in [1.807, 2.05) is 11.9 Å². The second-order valence-electron chi connectivity index (χ2n) is 7.44. The summed E-state index contributed by atoms with van der Waals surface area (Å²) in [6.45, 7) is 0.843. The second-order valence-corrected chi connectivity index (χ2v) is 9.85. The number of hydrogen-bond acceptors (Lipinski definition) is 3. The van der Waals surface area contributed by atoms with Gasteiger partial charge in [0.2, 0.25) is 15.9 Å². The van der Waals surface area contributed by atoms with E-state index < -0.39 is 10.0 Å². The van der Waals surface area contributed by atoms with Gasteiger partial charge in [-0.3, -0.25) is 4.79 Å². The third kappa shape index (κ3) is 4.59. The predicted octanol–water partition coefficient (Wildman–Crippen LogP) is 3.28. The summed E-state index contributed by atoms with van der Waals surface area (Å²) in [6.07, 6.45) is 5.80. The number of carbonyl (C=O) groups is 1. The molecule has 1 aromatic carbocycles. The number of carbonyl (C=O) groups excluding carboxylic acids is 1. The molecule has 0 unspecified atom stereocenters. The van der Waals surface area contributed by atoms with Crippen LogP contribution < -0.4 is 0 Å². The maximum Gasteiger partial charge on any atom is 0.225 e. The summed E-state index contributed by atoms with van der Waals surface area (Å²) in [5.41, 5.74) is 0.730. The normalized spacial score (nSPS) is 20.4. The molecule has 0 bridgehead atoms. The van der Waals surface area contributed by atoms with E-state index >= 15 is 0 Å². The van der Waals surface area contributed by atoms with Gasteiger partial charge in [-0.2, -0.15) is 0 Å². The van der Waals surface area contributed by atoms with E-state index in [1.165, 1.54) is 17.1 Å². The topological polar surface area (TPSA) is 57.7 Å². The summed E-state index contributed by atoms with van der Waals surface area (Å²) in [5.74, 6) is 0.110. The Morgan fingerprint density at radius 1 is 1.12 bits per heavy atom. The van der Waals surface area contributed by atoms with E-state index in [-0.39, 0.29) is 17.6 Å². The Bertz CT molecular complexity index is 722. The van der Waals surface area contributed by atoms with Crippen LogP contribution in [-0.4, -0.2) is 49.7 Å². The van der Waals surface area contributed by atoms with Gasteiger partial charge in [0, 0.05) is 37.1 Å². The van der Waals surface area contributed by atoms with E-state index in [0.717, 1.165) is 18.4 Å². The predicted molar refractivity (Wildman–Crippen MR) is 103 cm³/mol. The van der Waals surface area contributed by atoms with Crippen LogP contribution in [0, 0.1) is 5.92 Å². The van der Waals surface area contributed by atoms with Crippen molar-refractivity contribution >= 4 is 27.5 Å². The van der Waals surface area contributed by atoms with Crippen molar-refractivity contribution in [2.45, 2.75) is 50.3 Å². The monoisotopic (exact) mass is 398 g/mol. The summed E-state index contributed by atoms with van der Waals surface area (Å²) in [6, 6.07) is 7.26. The molecule has 0 spiro atoms. The number of piperidine rings is 1. The van der Waals surface area contributed by atoms with Crippen LogP contribution in [-0.2, 0) is 20.6 Å². The molecule has 26 heavy (non-hydrogen) atoms. The van der Waals surface area contributed by atoms with E-state index in [4.69, 9.17) is 11.6 Å².